The molecule has 0 aliphatic rings. The first-order valence-corrected chi connectivity index (χ1v) is 7.63. The fraction of sp³-hybridized carbons (Fsp3) is 0.176. The van der Waals surface area contributed by atoms with Crippen LogP contribution in [0.4, 0.5) is 24.5 Å². The first kappa shape index (κ1) is 20.7. The van der Waals surface area contributed by atoms with Crippen molar-refractivity contribution in [2.75, 3.05) is 11.9 Å². The molecule has 2 aromatic carbocycles. The number of ether oxygens (including phenoxy) is 2. The number of nitro groups is 1. The molecule has 0 bridgehead atoms. The minimum Gasteiger partial charge on any atom is -0.452 e. The van der Waals surface area contributed by atoms with Crippen LogP contribution < -0.4 is 10.1 Å². The van der Waals surface area contributed by atoms with E-state index in [1.807, 2.05) is 0 Å². The lowest BCUT2D eigenvalue weighted by molar-refractivity contribution is -0.385. The van der Waals surface area contributed by atoms with E-state index in [1.165, 1.54) is 19.1 Å². The Hall–Kier alpha value is -3.63. The van der Waals surface area contributed by atoms with Crippen LogP contribution in [0.25, 0.3) is 0 Å². The van der Waals surface area contributed by atoms with E-state index in [9.17, 15) is 32.9 Å². The van der Waals surface area contributed by atoms with Gasteiger partial charge in [0, 0.05) is 11.8 Å². The van der Waals surface area contributed by atoms with Crippen molar-refractivity contribution in [2.45, 2.75) is 13.3 Å². The maximum atomic E-state index is 12.1. The fourth-order valence-corrected chi connectivity index (χ4v) is 2.21. The lowest BCUT2D eigenvalue weighted by Gasteiger charge is -2.10. The Morgan fingerprint density at radius 1 is 1.14 bits per heavy atom. The van der Waals surface area contributed by atoms with Gasteiger partial charge >= 0.3 is 12.3 Å². The van der Waals surface area contributed by atoms with Crippen LogP contribution >= 0.6 is 0 Å². The molecule has 148 valence electrons. The number of amides is 1. The Bertz CT molecular complexity index is 897. The molecule has 0 unspecified atom stereocenters. The van der Waals surface area contributed by atoms with Crippen molar-refractivity contribution in [1.82, 2.24) is 0 Å². The Morgan fingerprint density at radius 3 is 2.36 bits per heavy atom. The first-order chi connectivity index (χ1) is 13.1. The van der Waals surface area contributed by atoms with Gasteiger partial charge in [0.1, 0.15) is 11.3 Å². The first-order valence-electron chi connectivity index (χ1n) is 7.63. The molecule has 2 rings (SSSR count). The molecule has 0 aliphatic carbocycles. The monoisotopic (exact) mass is 398 g/mol. The highest BCUT2D eigenvalue weighted by Gasteiger charge is 2.31. The van der Waals surface area contributed by atoms with Gasteiger partial charge in [-0.15, -0.1) is 13.2 Å². The van der Waals surface area contributed by atoms with E-state index in [4.69, 9.17) is 4.74 Å². The number of benzene rings is 2. The van der Waals surface area contributed by atoms with Gasteiger partial charge in [0.2, 0.25) is 0 Å². The topological polar surface area (TPSA) is 108 Å². The molecule has 8 nitrogen and oxygen atoms in total. The maximum absolute atomic E-state index is 12.1. The van der Waals surface area contributed by atoms with Crippen molar-refractivity contribution in [3.8, 4) is 5.75 Å². The largest absolute Gasteiger partial charge is 0.573 e. The summed E-state index contributed by atoms with van der Waals surface area (Å²) >= 11 is 0. The van der Waals surface area contributed by atoms with Crippen LogP contribution in [0.15, 0.2) is 42.5 Å². The SMILES string of the molecule is Cc1cccc([N+](=O)[O-])c1C(=O)OCC(=O)Nc1ccc(OC(F)(F)F)cc1. The smallest absolute Gasteiger partial charge is 0.452 e. The average molecular weight is 398 g/mol. The molecule has 0 aliphatic heterocycles. The molecular weight excluding hydrogens is 385 g/mol. The summed E-state index contributed by atoms with van der Waals surface area (Å²) < 4.78 is 44.8. The predicted molar refractivity (Wildman–Crippen MR) is 89.9 cm³/mol. The van der Waals surface area contributed by atoms with E-state index >= 15 is 0 Å². The molecule has 0 saturated carbocycles. The number of halogens is 3. The summed E-state index contributed by atoms with van der Waals surface area (Å²) in [6.07, 6.45) is -4.84. The molecule has 0 radical (unpaired) electrons. The number of carbonyl (C=O) groups is 2. The third-order valence-electron chi connectivity index (χ3n) is 3.36. The number of hydrogen-bond acceptors (Lipinski definition) is 6. The van der Waals surface area contributed by atoms with E-state index < -0.39 is 41.2 Å². The zero-order valence-corrected chi connectivity index (χ0v) is 14.3. The van der Waals surface area contributed by atoms with Gasteiger partial charge in [-0.05, 0) is 36.8 Å². The summed E-state index contributed by atoms with van der Waals surface area (Å²) in [5, 5.41) is 13.3. The fourth-order valence-electron chi connectivity index (χ4n) is 2.21. The third kappa shape index (κ3) is 5.69. The van der Waals surface area contributed by atoms with Crippen molar-refractivity contribution in [3.63, 3.8) is 0 Å². The van der Waals surface area contributed by atoms with Crippen LogP contribution in [-0.2, 0) is 9.53 Å². The number of hydrogen-bond donors (Lipinski definition) is 1. The van der Waals surface area contributed by atoms with Crippen molar-refractivity contribution in [1.29, 1.82) is 0 Å². The number of carbonyl (C=O) groups excluding carboxylic acids is 2. The van der Waals surface area contributed by atoms with Crippen LogP contribution in [-0.4, -0.2) is 29.8 Å². The van der Waals surface area contributed by atoms with Gasteiger partial charge in [0.25, 0.3) is 11.6 Å². The lowest BCUT2D eigenvalue weighted by atomic mass is 10.1. The molecule has 11 heteroatoms. The Kier molecular flexibility index (Phi) is 6.18. The molecule has 0 fully saturated rings. The summed E-state index contributed by atoms with van der Waals surface area (Å²) in [5.74, 6) is -2.30. The number of nitrogens with one attached hydrogen (secondary N) is 1. The van der Waals surface area contributed by atoms with Crippen molar-refractivity contribution < 1.29 is 37.2 Å². The van der Waals surface area contributed by atoms with Crippen molar-refractivity contribution in [3.05, 3.63) is 63.7 Å². The zero-order valence-electron chi connectivity index (χ0n) is 14.3. The van der Waals surface area contributed by atoms with Gasteiger partial charge in [0.05, 0.1) is 4.92 Å². The molecular formula is C17H13F3N2O6. The maximum Gasteiger partial charge on any atom is 0.573 e. The average Bonchev–Trinajstić information content (AvgIpc) is 2.60. The molecule has 28 heavy (non-hydrogen) atoms. The quantitative estimate of drug-likeness (QED) is 0.453. The van der Waals surface area contributed by atoms with E-state index in [-0.39, 0.29) is 11.3 Å². The molecule has 0 heterocycles. The number of aryl methyl sites for hydroxylation is 1. The second-order valence-corrected chi connectivity index (χ2v) is 5.42. The Labute approximate surface area is 156 Å². The predicted octanol–water partition coefficient (Wildman–Crippen LogP) is 3.60. The minimum atomic E-state index is -4.84. The molecule has 2 aromatic rings. The van der Waals surface area contributed by atoms with Crippen LogP contribution in [0.5, 0.6) is 5.75 Å². The number of rotatable bonds is 6. The van der Waals surface area contributed by atoms with E-state index in [2.05, 4.69) is 10.1 Å². The second-order valence-electron chi connectivity index (χ2n) is 5.42. The zero-order chi connectivity index (χ0) is 20.9. The molecule has 1 amide bonds. The van der Waals surface area contributed by atoms with Gasteiger partial charge in [-0.2, -0.15) is 0 Å². The molecule has 1 N–H and O–H groups in total. The Balaban J connectivity index is 1.96. The van der Waals surface area contributed by atoms with Crippen LogP contribution in [0.3, 0.4) is 0 Å². The second kappa shape index (κ2) is 8.37. The van der Waals surface area contributed by atoms with Crippen LogP contribution in [0.1, 0.15) is 15.9 Å². The highest BCUT2D eigenvalue weighted by atomic mass is 19.4. The van der Waals surface area contributed by atoms with Crippen LogP contribution in [0, 0.1) is 17.0 Å². The van der Waals surface area contributed by atoms with Crippen LogP contribution in [0.2, 0.25) is 0 Å². The third-order valence-corrected chi connectivity index (χ3v) is 3.36. The highest BCUT2D eigenvalue weighted by Crippen LogP contribution is 2.24. The molecule has 0 aromatic heterocycles. The number of esters is 1. The summed E-state index contributed by atoms with van der Waals surface area (Å²) in [6.45, 7) is 0.735. The van der Waals surface area contributed by atoms with Crippen molar-refractivity contribution >= 4 is 23.3 Å². The molecule has 0 saturated heterocycles. The highest BCUT2D eigenvalue weighted by molar-refractivity contribution is 5.98. The molecule has 0 atom stereocenters. The van der Waals surface area contributed by atoms with Gasteiger partial charge in [0.15, 0.2) is 6.61 Å². The summed E-state index contributed by atoms with van der Waals surface area (Å²) in [6, 6.07) is 8.32. The summed E-state index contributed by atoms with van der Waals surface area (Å²) in [5.41, 5.74) is -0.281. The van der Waals surface area contributed by atoms with E-state index in [1.54, 1.807) is 0 Å². The van der Waals surface area contributed by atoms with Gasteiger partial charge in [-0.3, -0.25) is 14.9 Å². The summed E-state index contributed by atoms with van der Waals surface area (Å²) in [4.78, 5) is 34.2. The van der Waals surface area contributed by atoms with E-state index in [0.717, 1.165) is 30.3 Å². The standard InChI is InChI=1S/C17H13F3N2O6/c1-10-3-2-4-13(22(25)26)15(10)16(24)27-9-14(23)21-11-5-7-12(8-6-11)28-17(18,19)20/h2-8H,9H2,1H3,(H,21,23). The number of nitrogens with zero attached hydrogens (tertiary/aromatic N) is 1. The van der Waals surface area contributed by atoms with Gasteiger partial charge in [-0.25, -0.2) is 4.79 Å². The Morgan fingerprint density at radius 2 is 1.79 bits per heavy atom. The van der Waals surface area contributed by atoms with E-state index in [0.29, 0.717) is 5.56 Å². The number of alkyl halides is 3. The lowest BCUT2D eigenvalue weighted by Crippen LogP contribution is -2.21. The van der Waals surface area contributed by atoms with Crippen molar-refractivity contribution in [2.24, 2.45) is 0 Å². The number of nitro benzene ring substituents is 1. The normalized spacial score (nSPS) is 10.9. The van der Waals surface area contributed by atoms with Gasteiger partial charge in [-0.1, -0.05) is 12.1 Å². The molecule has 0 spiro atoms. The summed E-state index contributed by atoms with van der Waals surface area (Å²) in [7, 11) is 0. The number of anilines is 1. The minimum absolute atomic E-state index is 0.137. The van der Waals surface area contributed by atoms with Gasteiger partial charge < -0.3 is 14.8 Å².